The minimum absolute atomic E-state index is 0.162. The van der Waals surface area contributed by atoms with Crippen LogP contribution in [0.4, 0.5) is 0 Å². The molecule has 5 unspecified atom stereocenters. The smallest absolute Gasteiger partial charge is 0.223 e. The molecule has 2 aromatic heterocycles. The molecule has 2 saturated carbocycles. The Balaban J connectivity index is 1.36. The maximum Gasteiger partial charge on any atom is 0.223 e. The quantitative estimate of drug-likeness (QED) is 0.911. The van der Waals surface area contributed by atoms with Gasteiger partial charge in [0.2, 0.25) is 5.91 Å². The summed E-state index contributed by atoms with van der Waals surface area (Å²) in [6.45, 7) is 2.12. The Morgan fingerprint density at radius 3 is 3.21 bits per heavy atom. The van der Waals surface area contributed by atoms with Crippen LogP contribution in [0.3, 0.4) is 0 Å². The fourth-order valence-corrected chi connectivity index (χ4v) is 5.60. The summed E-state index contributed by atoms with van der Waals surface area (Å²) in [5, 5.41) is 11.6. The normalized spacial score (nSPS) is 35.1. The van der Waals surface area contributed by atoms with Crippen molar-refractivity contribution in [2.24, 2.45) is 5.92 Å². The van der Waals surface area contributed by atoms with E-state index in [2.05, 4.69) is 27.9 Å². The molecule has 4 bridgehead atoms. The molecule has 4 aliphatic rings. The summed E-state index contributed by atoms with van der Waals surface area (Å²) in [6, 6.07) is 4.53. The third-order valence-corrected chi connectivity index (χ3v) is 6.50. The highest BCUT2D eigenvalue weighted by Crippen LogP contribution is 2.55. The lowest BCUT2D eigenvalue weighted by Crippen LogP contribution is -2.50. The summed E-state index contributed by atoms with van der Waals surface area (Å²) < 4.78 is 0. The number of carbonyl (C=O) groups excluding carboxylic acids is 1. The number of pyridine rings is 1. The van der Waals surface area contributed by atoms with Crippen LogP contribution in [-0.4, -0.2) is 43.6 Å². The Hall–Kier alpha value is -1.88. The summed E-state index contributed by atoms with van der Waals surface area (Å²) in [4.78, 5) is 22.6. The second-order valence-electron chi connectivity index (χ2n) is 8.10. The number of fused-ring (bicyclic) bond motifs is 1. The number of amides is 1. The third-order valence-electron chi connectivity index (χ3n) is 6.50. The summed E-state index contributed by atoms with van der Waals surface area (Å²) in [7, 11) is 0. The molecule has 1 amide bonds. The van der Waals surface area contributed by atoms with Crippen molar-refractivity contribution < 1.29 is 9.90 Å². The van der Waals surface area contributed by atoms with Crippen molar-refractivity contribution in [3.63, 3.8) is 0 Å². The summed E-state index contributed by atoms with van der Waals surface area (Å²) in [6.07, 6.45) is 7.83. The van der Waals surface area contributed by atoms with E-state index in [1.165, 1.54) is 5.56 Å². The topological polar surface area (TPSA) is 69.2 Å². The van der Waals surface area contributed by atoms with Gasteiger partial charge in [-0.1, -0.05) is 6.92 Å². The van der Waals surface area contributed by atoms with Crippen LogP contribution in [0, 0.1) is 5.92 Å². The predicted molar refractivity (Wildman–Crippen MR) is 90.5 cm³/mol. The highest BCUT2D eigenvalue weighted by molar-refractivity contribution is 5.83. The maximum absolute atomic E-state index is 13.0. The number of aliphatic hydroxyl groups is 1. The van der Waals surface area contributed by atoms with Crippen molar-refractivity contribution in [2.75, 3.05) is 0 Å². The van der Waals surface area contributed by atoms with Gasteiger partial charge in [0, 0.05) is 36.3 Å². The van der Waals surface area contributed by atoms with Gasteiger partial charge in [-0.25, -0.2) is 4.98 Å². The number of hydrogen-bond donors (Lipinski definition) is 2. The Morgan fingerprint density at radius 1 is 1.50 bits per heavy atom. The minimum Gasteiger partial charge on any atom is -0.390 e. The predicted octanol–water partition coefficient (Wildman–Crippen LogP) is 2.57. The number of hydrogen-bond acceptors (Lipinski definition) is 3. The van der Waals surface area contributed by atoms with E-state index >= 15 is 0 Å². The maximum atomic E-state index is 13.0. The number of nitrogens with one attached hydrogen (secondary N) is 1. The van der Waals surface area contributed by atoms with Crippen LogP contribution in [0.2, 0.25) is 0 Å². The summed E-state index contributed by atoms with van der Waals surface area (Å²) >= 11 is 0. The van der Waals surface area contributed by atoms with Crippen LogP contribution in [0.25, 0.3) is 11.0 Å². The van der Waals surface area contributed by atoms with Gasteiger partial charge < -0.3 is 15.0 Å². The highest BCUT2D eigenvalue weighted by atomic mass is 16.3. The first kappa shape index (κ1) is 14.5. The zero-order chi connectivity index (χ0) is 16.5. The van der Waals surface area contributed by atoms with Crippen LogP contribution in [-0.2, 0) is 4.79 Å². The van der Waals surface area contributed by atoms with E-state index in [1.54, 1.807) is 6.20 Å². The van der Waals surface area contributed by atoms with E-state index in [-0.39, 0.29) is 23.9 Å². The van der Waals surface area contributed by atoms with Crippen LogP contribution in [0.1, 0.15) is 50.5 Å². The first-order valence-electron chi connectivity index (χ1n) is 9.00. The molecule has 126 valence electrons. The number of aromatic amines is 1. The average molecular weight is 325 g/mol. The van der Waals surface area contributed by atoms with Gasteiger partial charge in [-0.15, -0.1) is 0 Å². The molecule has 6 rings (SSSR count). The van der Waals surface area contributed by atoms with Crippen molar-refractivity contribution in [1.29, 1.82) is 0 Å². The lowest BCUT2D eigenvalue weighted by molar-refractivity contribution is -0.139. The molecule has 0 radical (unpaired) electrons. The SMILES string of the molecule is CC(CC(=O)N1C2CC3CC(O)(C2)CC31)c1c[nH]c2ncccc12. The summed E-state index contributed by atoms with van der Waals surface area (Å²) in [5.74, 6) is 0.933. The second kappa shape index (κ2) is 4.82. The van der Waals surface area contributed by atoms with Crippen LogP contribution >= 0.6 is 0 Å². The lowest BCUT2D eigenvalue weighted by atomic mass is 9.83. The lowest BCUT2D eigenvalue weighted by Gasteiger charge is -2.41. The first-order chi connectivity index (χ1) is 11.5. The van der Waals surface area contributed by atoms with E-state index in [0.717, 1.165) is 36.7 Å². The molecule has 5 nitrogen and oxygen atoms in total. The van der Waals surface area contributed by atoms with Gasteiger partial charge in [0.25, 0.3) is 0 Å². The zero-order valence-corrected chi connectivity index (χ0v) is 13.9. The number of aromatic nitrogens is 2. The van der Waals surface area contributed by atoms with Crippen LogP contribution < -0.4 is 0 Å². The number of rotatable bonds is 3. The van der Waals surface area contributed by atoms with Gasteiger partial charge in [-0.3, -0.25) is 4.79 Å². The Bertz CT molecular complexity index is 812. The van der Waals surface area contributed by atoms with E-state index in [1.807, 2.05) is 12.3 Å². The molecule has 2 N–H and O–H groups in total. The second-order valence-corrected chi connectivity index (χ2v) is 8.10. The van der Waals surface area contributed by atoms with Crippen molar-refractivity contribution >= 4 is 16.9 Å². The van der Waals surface area contributed by atoms with Crippen molar-refractivity contribution in [3.05, 3.63) is 30.1 Å². The molecule has 4 fully saturated rings. The minimum atomic E-state index is -0.483. The number of nitrogens with zero attached hydrogens (tertiary/aromatic N) is 2. The highest BCUT2D eigenvalue weighted by Gasteiger charge is 2.60. The van der Waals surface area contributed by atoms with Crippen LogP contribution in [0.15, 0.2) is 24.5 Å². The van der Waals surface area contributed by atoms with Gasteiger partial charge in [0.05, 0.1) is 5.60 Å². The molecule has 2 aromatic rings. The van der Waals surface area contributed by atoms with Crippen molar-refractivity contribution in [3.8, 4) is 0 Å². The Morgan fingerprint density at radius 2 is 2.38 bits per heavy atom. The first-order valence-corrected chi connectivity index (χ1v) is 9.00. The van der Waals surface area contributed by atoms with Crippen molar-refractivity contribution in [2.45, 2.75) is 62.6 Å². The molecule has 2 aliphatic heterocycles. The Kier molecular flexibility index (Phi) is 2.90. The van der Waals surface area contributed by atoms with E-state index in [4.69, 9.17) is 0 Å². The van der Waals surface area contributed by atoms with Crippen molar-refractivity contribution in [1.82, 2.24) is 14.9 Å². The molecule has 4 heterocycles. The third kappa shape index (κ3) is 1.97. The van der Waals surface area contributed by atoms with Gasteiger partial charge in [-0.05, 0) is 55.2 Å². The standard InChI is InChI=1S/C19H23N3O2/c1-11(15-10-21-18-14(15)3-2-4-20-18)5-17(23)22-13-6-12-7-19(24,8-13)9-16(12)22/h2-4,10-13,16,24H,5-9H2,1H3,(H,20,21). The largest absolute Gasteiger partial charge is 0.390 e. The number of H-pyrrole nitrogens is 1. The molecule has 5 heteroatoms. The fourth-order valence-electron chi connectivity index (χ4n) is 5.60. The van der Waals surface area contributed by atoms with E-state index < -0.39 is 5.60 Å². The number of carbonyl (C=O) groups is 1. The Labute approximate surface area is 141 Å². The molecule has 5 atom stereocenters. The molecule has 0 aromatic carbocycles. The number of piperidine rings is 1. The van der Waals surface area contributed by atoms with E-state index in [9.17, 15) is 9.90 Å². The van der Waals surface area contributed by atoms with Gasteiger partial charge in [0.15, 0.2) is 0 Å². The average Bonchev–Trinajstić information content (AvgIpc) is 3.13. The van der Waals surface area contributed by atoms with Crippen LogP contribution in [0.5, 0.6) is 0 Å². The molecule has 2 aliphatic carbocycles. The van der Waals surface area contributed by atoms with E-state index in [0.29, 0.717) is 12.3 Å². The van der Waals surface area contributed by atoms with Gasteiger partial charge in [-0.2, -0.15) is 0 Å². The molecule has 0 spiro atoms. The zero-order valence-electron chi connectivity index (χ0n) is 13.9. The molecule has 24 heavy (non-hydrogen) atoms. The molecule has 2 saturated heterocycles. The molecular weight excluding hydrogens is 302 g/mol. The molecular formula is C19H23N3O2. The monoisotopic (exact) mass is 325 g/mol. The fraction of sp³-hybridized carbons (Fsp3) is 0.579. The summed E-state index contributed by atoms with van der Waals surface area (Å²) in [5.41, 5.74) is 1.56. The van der Waals surface area contributed by atoms with Gasteiger partial charge >= 0.3 is 0 Å². The van der Waals surface area contributed by atoms with Gasteiger partial charge in [0.1, 0.15) is 5.65 Å².